The minimum Gasteiger partial charge on any atom is -1.00 e. The van der Waals surface area contributed by atoms with E-state index >= 15 is 0 Å². The van der Waals surface area contributed by atoms with Crippen LogP contribution in [0.15, 0.2) is 0 Å². The van der Waals surface area contributed by atoms with Crippen LogP contribution in [0.25, 0.3) is 0 Å². The van der Waals surface area contributed by atoms with E-state index in [4.69, 9.17) is 0 Å². The van der Waals surface area contributed by atoms with E-state index in [0.717, 1.165) is 0 Å². The molecule has 0 unspecified atom stereocenters. The van der Waals surface area contributed by atoms with Gasteiger partial charge in [-0.1, -0.05) is 0 Å². The number of hydrogen-bond acceptors (Lipinski definition) is 0. The Hall–Kier alpha value is 0.368. The summed E-state index contributed by atoms with van der Waals surface area (Å²) in [5.41, 5.74) is 0. The van der Waals surface area contributed by atoms with Crippen LogP contribution in [0.3, 0.4) is 0 Å². The Morgan fingerprint density at radius 1 is 0.500 bits per heavy atom. The Bertz CT molecular complexity index is 7.51. The van der Waals surface area contributed by atoms with Gasteiger partial charge in [-0.2, -0.15) is 0 Å². The molecule has 0 heterocycles. The van der Waals surface area contributed by atoms with Gasteiger partial charge in [0.2, 0.25) is 0 Å². The van der Waals surface area contributed by atoms with E-state index in [1.165, 1.54) is 0 Å². The second kappa shape index (κ2) is 755. The first-order valence-electron chi connectivity index (χ1n) is 0. The van der Waals surface area contributed by atoms with Crippen LogP contribution in [-0.4, -0.2) is 5.48 Å². The summed E-state index contributed by atoms with van der Waals surface area (Å²) < 4.78 is 0. The molecule has 2 N–H and O–H groups in total. The third-order valence-electron chi connectivity index (χ3n) is 0. The maximum atomic E-state index is 0. The van der Waals surface area contributed by atoms with E-state index in [2.05, 4.69) is 0 Å². The van der Waals surface area contributed by atoms with E-state index in [-0.39, 0.29) is 45.4 Å². The van der Waals surface area contributed by atoms with Gasteiger partial charge in [0.1, 0.15) is 0 Å². The van der Waals surface area contributed by atoms with Gasteiger partial charge in [-0.15, -0.1) is 0 Å². The molecule has 6 heavy (non-hydrogen) atoms. The second-order valence-corrected chi connectivity index (χ2v) is 0. The standard InChI is InChI=1S/4FH.H2O.W/h4*1H;1H2;/p-4. The van der Waals surface area contributed by atoms with Gasteiger partial charge in [-0.25, -0.2) is 0 Å². The summed E-state index contributed by atoms with van der Waals surface area (Å²) in [5, 5.41) is 0. The molecular formula is H2F4OW-4. The predicted octanol–water partition coefficient (Wildman–Crippen LogP) is -12.8. The van der Waals surface area contributed by atoms with Crippen LogP contribution in [0.5, 0.6) is 0 Å². The molecule has 0 bridgehead atoms. The van der Waals surface area contributed by atoms with Crippen molar-refractivity contribution in [1.82, 2.24) is 0 Å². The maximum absolute atomic E-state index is 0. The van der Waals surface area contributed by atoms with Crippen molar-refractivity contribution in [1.29, 1.82) is 0 Å². The molecule has 0 aromatic rings. The third-order valence-corrected chi connectivity index (χ3v) is 0. The summed E-state index contributed by atoms with van der Waals surface area (Å²) in [6, 6.07) is 0. The van der Waals surface area contributed by atoms with Gasteiger partial charge in [0, 0.05) is 21.1 Å². The van der Waals surface area contributed by atoms with Crippen LogP contribution < -0.4 is 18.8 Å². The maximum Gasteiger partial charge on any atom is 0 e. The largest absolute Gasteiger partial charge is 1.00 e. The van der Waals surface area contributed by atoms with Crippen molar-refractivity contribution in [2.24, 2.45) is 0 Å². The third kappa shape index (κ3) is 365. The molecule has 0 saturated carbocycles. The van der Waals surface area contributed by atoms with Crippen LogP contribution >= 0.6 is 0 Å². The molecule has 6 heteroatoms. The van der Waals surface area contributed by atoms with Crippen molar-refractivity contribution in [2.45, 2.75) is 0 Å². The van der Waals surface area contributed by atoms with Crippen LogP contribution in [-0.2, 0) is 21.1 Å². The van der Waals surface area contributed by atoms with Gasteiger partial charge in [0.05, 0.1) is 0 Å². The molecule has 46 valence electrons. The smallest absolute Gasteiger partial charge is 0 e. The van der Waals surface area contributed by atoms with Crippen LogP contribution in [0.4, 0.5) is 0 Å². The van der Waals surface area contributed by atoms with E-state index in [0.29, 0.717) is 0 Å². The van der Waals surface area contributed by atoms with E-state index in [1.807, 2.05) is 0 Å². The van der Waals surface area contributed by atoms with Gasteiger partial charge in [0.15, 0.2) is 0 Å². The molecule has 0 aliphatic carbocycles. The minimum atomic E-state index is 0. The fourth-order valence-corrected chi connectivity index (χ4v) is 0. The Morgan fingerprint density at radius 3 is 0.500 bits per heavy atom. The van der Waals surface area contributed by atoms with Crippen molar-refractivity contribution in [3.05, 3.63) is 0 Å². The predicted molar refractivity (Wildman–Crippen MR) is 3.61 cm³/mol. The van der Waals surface area contributed by atoms with Crippen LogP contribution in [0.1, 0.15) is 0 Å². The molecule has 0 rings (SSSR count). The van der Waals surface area contributed by atoms with Gasteiger partial charge in [-0.3, -0.25) is 0 Å². The molecule has 0 atom stereocenters. The van der Waals surface area contributed by atoms with E-state index < -0.39 is 0 Å². The topological polar surface area (TPSA) is 31.5 Å². The van der Waals surface area contributed by atoms with Gasteiger partial charge >= 0.3 is 0 Å². The Morgan fingerprint density at radius 2 is 0.500 bits per heavy atom. The van der Waals surface area contributed by atoms with Gasteiger partial charge in [-0.05, 0) is 0 Å². The summed E-state index contributed by atoms with van der Waals surface area (Å²) in [5.74, 6) is 0. The first kappa shape index (κ1) is 1350. The Balaban J connectivity index is 0. The summed E-state index contributed by atoms with van der Waals surface area (Å²) >= 11 is 0. The molecular weight excluding hydrogens is 276 g/mol. The van der Waals surface area contributed by atoms with Crippen LogP contribution in [0, 0.1) is 0 Å². The summed E-state index contributed by atoms with van der Waals surface area (Å²) in [6.45, 7) is 0. The number of rotatable bonds is 0. The normalized spacial score (nSPS) is 0. The zero-order chi connectivity index (χ0) is 0. The summed E-state index contributed by atoms with van der Waals surface area (Å²) in [4.78, 5) is 0. The molecule has 0 aliphatic rings. The fraction of sp³-hybridized carbons (Fsp3) is 0. The average Bonchev–Trinajstić information content (AvgIpc) is 0. The molecule has 0 spiro atoms. The minimum absolute atomic E-state index is 0. The van der Waals surface area contributed by atoms with E-state index in [1.54, 1.807) is 0 Å². The van der Waals surface area contributed by atoms with Crippen molar-refractivity contribution < 1.29 is 45.4 Å². The first-order valence-corrected chi connectivity index (χ1v) is 0. The molecule has 0 amide bonds. The summed E-state index contributed by atoms with van der Waals surface area (Å²) in [6.07, 6.45) is 0. The van der Waals surface area contributed by atoms with Gasteiger partial charge in [0.25, 0.3) is 0 Å². The molecule has 0 aromatic carbocycles. The molecule has 0 saturated heterocycles. The number of halogens is 4. The molecule has 0 radical (unpaired) electrons. The molecule has 1 nitrogen and oxygen atoms in total. The molecule has 0 aromatic heterocycles. The monoisotopic (exact) mass is 278 g/mol. The fourth-order valence-electron chi connectivity index (χ4n) is 0. The zero-order valence-electron chi connectivity index (χ0n) is 2.42. The van der Waals surface area contributed by atoms with Crippen LogP contribution in [0.2, 0.25) is 0 Å². The molecule has 0 fully saturated rings. The first-order chi connectivity index (χ1) is 0. The van der Waals surface area contributed by atoms with Crippen molar-refractivity contribution in [3.63, 3.8) is 0 Å². The number of hydrogen-bond donors (Lipinski definition) is 0. The van der Waals surface area contributed by atoms with Crippen molar-refractivity contribution in [3.8, 4) is 0 Å². The summed E-state index contributed by atoms with van der Waals surface area (Å²) in [7, 11) is 0. The Kier molecular flexibility index (Phi) is 170000. The van der Waals surface area contributed by atoms with Gasteiger partial charge < -0.3 is 24.3 Å². The molecule has 0 aliphatic heterocycles. The van der Waals surface area contributed by atoms with E-state index in [9.17, 15) is 0 Å². The average molecular weight is 278 g/mol. The van der Waals surface area contributed by atoms with Crippen molar-refractivity contribution in [2.75, 3.05) is 0 Å². The quantitative estimate of drug-likeness (QED) is 0.394. The van der Waals surface area contributed by atoms with Crippen molar-refractivity contribution >= 4 is 0 Å². The second-order valence-electron chi connectivity index (χ2n) is 0. The Labute approximate surface area is 46.2 Å². The zero-order valence-corrected chi connectivity index (χ0v) is 5.35. The SMILES string of the molecule is O.[F-].[F-].[F-].[F-].[W].